The van der Waals surface area contributed by atoms with Gasteiger partial charge in [0.05, 0.1) is 4.92 Å². The lowest BCUT2D eigenvalue weighted by Crippen LogP contribution is -2.35. The molecule has 1 aromatic rings. The topological polar surface area (TPSA) is 75.5 Å². The van der Waals surface area contributed by atoms with Gasteiger partial charge >= 0.3 is 5.69 Å². The summed E-state index contributed by atoms with van der Waals surface area (Å²) >= 11 is 0. The summed E-state index contributed by atoms with van der Waals surface area (Å²) < 4.78 is 13.5. The standard InChI is InChI=1S/C12H14FN3O3/c1-8(17)14-9-5-6-15(7-9)11-4-2-3-10(13)12(11)16(18)19/h2-4,9H,5-7H2,1H3,(H,14,17). The third kappa shape index (κ3) is 2.81. The summed E-state index contributed by atoms with van der Waals surface area (Å²) in [5.74, 6) is -0.980. The molecule has 1 atom stereocenters. The fraction of sp³-hybridized carbons (Fsp3) is 0.417. The number of rotatable bonds is 3. The van der Waals surface area contributed by atoms with Gasteiger partial charge in [-0.3, -0.25) is 14.9 Å². The van der Waals surface area contributed by atoms with Gasteiger partial charge in [0.1, 0.15) is 5.69 Å². The first-order chi connectivity index (χ1) is 8.99. The highest BCUT2D eigenvalue weighted by Gasteiger charge is 2.29. The molecule has 1 N–H and O–H groups in total. The van der Waals surface area contributed by atoms with E-state index in [9.17, 15) is 19.3 Å². The van der Waals surface area contributed by atoms with Crippen LogP contribution in [0.4, 0.5) is 15.8 Å². The van der Waals surface area contributed by atoms with Crippen molar-refractivity contribution in [1.82, 2.24) is 5.32 Å². The van der Waals surface area contributed by atoms with Crippen LogP contribution in [0.3, 0.4) is 0 Å². The minimum Gasteiger partial charge on any atom is -0.364 e. The Morgan fingerprint density at radius 1 is 1.58 bits per heavy atom. The smallest absolute Gasteiger partial charge is 0.327 e. The average Bonchev–Trinajstić information content (AvgIpc) is 2.75. The van der Waals surface area contributed by atoms with Crippen LogP contribution < -0.4 is 10.2 Å². The second-order valence-corrected chi connectivity index (χ2v) is 4.50. The van der Waals surface area contributed by atoms with E-state index in [0.29, 0.717) is 19.5 Å². The molecule has 0 aliphatic carbocycles. The quantitative estimate of drug-likeness (QED) is 0.664. The van der Waals surface area contributed by atoms with E-state index in [1.165, 1.54) is 19.1 Å². The Hall–Kier alpha value is -2.18. The van der Waals surface area contributed by atoms with Crippen LogP contribution in [0.1, 0.15) is 13.3 Å². The molecule has 1 fully saturated rings. The monoisotopic (exact) mass is 267 g/mol. The van der Waals surface area contributed by atoms with E-state index < -0.39 is 16.4 Å². The number of nitrogens with one attached hydrogen (secondary N) is 1. The molecular weight excluding hydrogens is 253 g/mol. The molecule has 1 aromatic carbocycles. The van der Waals surface area contributed by atoms with Crippen molar-refractivity contribution in [3.63, 3.8) is 0 Å². The number of carbonyl (C=O) groups is 1. The summed E-state index contributed by atoms with van der Waals surface area (Å²) in [7, 11) is 0. The highest BCUT2D eigenvalue weighted by Crippen LogP contribution is 2.32. The zero-order valence-corrected chi connectivity index (χ0v) is 10.4. The maximum atomic E-state index is 13.5. The lowest BCUT2D eigenvalue weighted by molar-refractivity contribution is -0.386. The van der Waals surface area contributed by atoms with Gasteiger partial charge in [-0.25, -0.2) is 0 Å². The van der Waals surface area contributed by atoms with E-state index in [-0.39, 0.29) is 17.6 Å². The zero-order chi connectivity index (χ0) is 14.0. The zero-order valence-electron chi connectivity index (χ0n) is 10.4. The maximum absolute atomic E-state index is 13.5. The molecule has 1 saturated heterocycles. The van der Waals surface area contributed by atoms with Crippen molar-refractivity contribution in [2.45, 2.75) is 19.4 Å². The largest absolute Gasteiger partial charge is 0.364 e. The summed E-state index contributed by atoms with van der Waals surface area (Å²) in [5.41, 5.74) is -0.246. The SMILES string of the molecule is CC(=O)NC1CCN(c2cccc(F)c2[N+](=O)[O-])C1. The highest BCUT2D eigenvalue weighted by atomic mass is 19.1. The van der Waals surface area contributed by atoms with Crippen molar-refractivity contribution in [3.05, 3.63) is 34.1 Å². The Morgan fingerprint density at radius 3 is 2.95 bits per heavy atom. The summed E-state index contributed by atoms with van der Waals surface area (Å²) in [4.78, 5) is 22.9. The van der Waals surface area contributed by atoms with E-state index in [0.717, 1.165) is 6.07 Å². The normalized spacial score (nSPS) is 18.4. The molecule has 0 radical (unpaired) electrons. The molecule has 102 valence electrons. The van der Waals surface area contributed by atoms with Gasteiger partial charge in [-0.15, -0.1) is 0 Å². The number of hydrogen-bond acceptors (Lipinski definition) is 4. The first-order valence-corrected chi connectivity index (χ1v) is 5.94. The first-order valence-electron chi connectivity index (χ1n) is 5.94. The van der Waals surface area contributed by atoms with Crippen molar-refractivity contribution in [2.24, 2.45) is 0 Å². The fourth-order valence-electron chi connectivity index (χ4n) is 2.32. The Bertz CT molecular complexity index is 521. The number of anilines is 1. The molecule has 0 saturated carbocycles. The number of amides is 1. The third-order valence-electron chi connectivity index (χ3n) is 3.08. The Kier molecular flexibility index (Phi) is 3.64. The third-order valence-corrected chi connectivity index (χ3v) is 3.08. The Morgan fingerprint density at radius 2 is 2.32 bits per heavy atom. The highest BCUT2D eigenvalue weighted by molar-refractivity contribution is 5.73. The summed E-state index contributed by atoms with van der Waals surface area (Å²) in [5, 5.41) is 13.7. The van der Waals surface area contributed by atoms with Gasteiger partial charge in [0.25, 0.3) is 0 Å². The fourth-order valence-corrected chi connectivity index (χ4v) is 2.32. The number of hydrogen-bond donors (Lipinski definition) is 1. The van der Waals surface area contributed by atoms with Crippen LogP contribution in [0.25, 0.3) is 0 Å². The number of para-hydroxylation sites is 1. The van der Waals surface area contributed by atoms with Crippen LogP contribution in [0.2, 0.25) is 0 Å². The maximum Gasteiger partial charge on any atom is 0.327 e. The number of carbonyl (C=O) groups excluding carboxylic acids is 1. The lowest BCUT2D eigenvalue weighted by Gasteiger charge is -2.18. The van der Waals surface area contributed by atoms with Gasteiger partial charge < -0.3 is 10.2 Å². The summed E-state index contributed by atoms with van der Waals surface area (Å²) in [6.45, 7) is 2.42. The van der Waals surface area contributed by atoms with Crippen molar-refractivity contribution < 1.29 is 14.1 Å². The van der Waals surface area contributed by atoms with Gasteiger partial charge in [-0.2, -0.15) is 4.39 Å². The minimum atomic E-state index is -0.842. The van der Waals surface area contributed by atoms with Gasteiger partial charge in [0.15, 0.2) is 0 Å². The minimum absolute atomic E-state index is 0.0552. The van der Waals surface area contributed by atoms with E-state index in [1.54, 1.807) is 4.90 Å². The van der Waals surface area contributed by atoms with Crippen molar-refractivity contribution in [3.8, 4) is 0 Å². The second kappa shape index (κ2) is 5.21. The van der Waals surface area contributed by atoms with Crippen molar-refractivity contribution >= 4 is 17.3 Å². The number of nitrogens with zero attached hydrogens (tertiary/aromatic N) is 2. The van der Waals surface area contributed by atoms with E-state index in [4.69, 9.17) is 0 Å². The molecule has 0 aromatic heterocycles. The number of nitro groups is 1. The van der Waals surface area contributed by atoms with Crippen LogP contribution in [-0.2, 0) is 4.79 Å². The Labute approximate surface area is 109 Å². The van der Waals surface area contributed by atoms with Crippen LogP contribution in [0.15, 0.2) is 18.2 Å². The summed E-state index contributed by atoms with van der Waals surface area (Å²) in [6, 6.07) is 3.99. The van der Waals surface area contributed by atoms with Gasteiger partial charge in [0.2, 0.25) is 11.7 Å². The van der Waals surface area contributed by atoms with Crippen LogP contribution in [0, 0.1) is 15.9 Å². The predicted molar refractivity (Wildman–Crippen MR) is 67.5 cm³/mol. The predicted octanol–water partition coefficient (Wildman–Crippen LogP) is 1.45. The van der Waals surface area contributed by atoms with Crippen LogP contribution in [0.5, 0.6) is 0 Å². The second-order valence-electron chi connectivity index (χ2n) is 4.50. The molecule has 1 heterocycles. The van der Waals surface area contributed by atoms with Gasteiger partial charge in [0, 0.05) is 26.1 Å². The molecule has 1 aliphatic rings. The van der Waals surface area contributed by atoms with Gasteiger partial charge in [-0.05, 0) is 18.6 Å². The molecule has 2 rings (SSSR count). The molecule has 1 unspecified atom stereocenters. The van der Waals surface area contributed by atoms with E-state index in [2.05, 4.69) is 5.32 Å². The number of halogens is 1. The molecular formula is C12H14FN3O3. The number of nitro benzene ring substituents is 1. The van der Waals surface area contributed by atoms with Gasteiger partial charge in [-0.1, -0.05) is 6.07 Å². The average molecular weight is 267 g/mol. The number of benzene rings is 1. The van der Waals surface area contributed by atoms with Crippen molar-refractivity contribution in [2.75, 3.05) is 18.0 Å². The van der Waals surface area contributed by atoms with Crippen LogP contribution >= 0.6 is 0 Å². The molecule has 1 amide bonds. The molecule has 7 heteroatoms. The van der Waals surface area contributed by atoms with E-state index >= 15 is 0 Å². The molecule has 1 aliphatic heterocycles. The molecule has 0 spiro atoms. The molecule has 0 bridgehead atoms. The molecule has 19 heavy (non-hydrogen) atoms. The van der Waals surface area contributed by atoms with Crippen LogP contribution in [-0.4, -0.2) is 30.0 Å². The lowest BCUT2D eigenvalue weighted by atomic mass is 10.2. The van der Waals surface area contributed by atoms with Crippen molar-refractivity contribution in [1.29, 1.82) is 0 Å². The first kappa shape index (κ1) is 13.3. The summed E-state index contributed by atoms with van der Waals surface area (Å²) in [6.07, 6.45) is 0.688. The van der Waals surface area contributed by atoms with E-state index in [1.807, 2.05) is 0 Å². The Balaban J connectivity index is 2.22. The molecule has 6 nitrogen and oxygen atoms in total.